The number of carbonyl (C=O) groups is 5. The fourth-order valence-corrected chi connectivity index (χ4v) is 5.08. The highest BCUT2D eigenvalue weighted by Crippen LogP contribution is 2.39. The highest BCUT2D eigenvalue weighted by Gasteiger charge is 2.27. The summed E-state index contributed by atoms with van der Waals surface area (Å²) < 4.78 is 26.8. The van der Waals surface area contributed by atoms with Crippen molar-refractivity contribution in [1.29, 1.82) is 0 Å². The Labute approximate surface area is 271 Å². The minimum atomic E-state index is -1.26. The average Bonchev–Trinajstić information content (AvgIpc) is 3.03. The van der Waals surface area contributed by atoms with Crippen LogP contribution in [0.4, 0.5) is 0 Å². The first kappa shape index (κ1) is 36.1. The van der Waals surface area contributed by atoms with Crippen molar-refractivity contribution in [3.8, 4) is 28.7 Å². The monoisotopic (exact) mass is 654 g/mol. The van der Waals surface area contributed by atoms with Crippen LogP contribution in [0.15, 0.2) is 42.0 Å². The smallest absolute Gasteiger partial charge is 0.328 e. The molecule has 0 radical (unpaired) electrons. The molecule has 2 N–H and O–H groups in total. The van der Waals surface area contributed by atoms with E-state index in [4.69, 9.17) is 33.9 Å². The normalized spacial score (nSPS) is 14.1. The van der Waals surface area contributed by atoms with Crippen LogP contribution in [-0.4, -0.2) is 97.3 Å². The molecule has 1 saturated heterocycles. The molecule has 2 aliphatic rings. The molecule has 4 rings (SSSR count). The average molecular weight is 655 g/mol. The van der Waals surface area contributed by atoms with E-state index in [1.165, 1.54) is 13.8 Å². The summed E-state index contributed by atoms with van der Waals surface area (Å²) in [5.74, 6) is -1.40. The molecule has 1 aliphatic carbocycles. The number of methoxy groups -OCH3 is 3. The zero-order valence-electron chi connectivity index (χ0n) is 26.9. The molecule has 1 fully saturated rings. The Balaban J connectivity index is 0.000000665. The van der Waals surface area contributed by atoms with E-state index in [0.29, 0.717) is 67.4 Å². The molecule has 2 aromatic carbocycles. The van der Waals surface area contributed by atoms with Gasteiger partial charge in [0.15, 0.2) is 23.0 Å². The third-order valence-electron chi connectivity index (χ3n) is 7.14. The molecule has 1 heterocycles. The number of benzene rings is 2. The van der Waals surface area contributed by atoms with E-state index >= 15 is 0 Å². The van der Waals surface area contributed by atoms with E-state index in [9.17, 15) is 24.0 Å². The summed E-state index contributed by atoms with van der Waals surface area (Å²) >= 11 is 0. The molecule has 252 valence electrons. The molecule has 2 aromatic rings. The van der Waals surface area contributed by atoms with Crippen LogP contribution in [0.5, 0.6) is 28.7 Å². The van der Waals surface area contributed by atoms with Crippen LogP contribution in [0.2, 0.25) is 0 Å². The van der Waals surface area contributed by atoms with Crippen LogP contribution in [0.3, 0.4) is 0 Å². The number of carbonyl (C=O) groups excluding carboxylic acids is 3. The van der Waals surface area contributed by atoms with Gasteiger partial charge in [-0.2, -0.15) is 0 Å². The van der Waals surface area contributed by atoms with E-state index in [0.717, 1.165) is 29.8 Å². The van der Waals surface area contributed by atoms with Gasteiger partial charge in [-0.3, -0.25) is 19.3 Å². The lowest BCUT2D eigenvalue weighted by molar-refractivity contribution is -0.134. The predicted molar refractivity (Wildman–Crippen MR) is 168 cm³/mol. The van der Waals surface area contributed by atoms with Crippen molar-refractivity contribution in [3.05, 3.63) is 58.7 Å². The Kier molecular flexibility index (Phi) is 12.9. The van der Waals surface area contributed by atoms with Gasteiger partial charge in [-0.1, -0.05) is 0 Å². The maximum atomic E-state index is 13.4. The molecule has 0 spiro atoms. The third kappa shape index (κ3) is 10.3. The Morgan fingerprint density at radius 3 is 1.72 bits per heavy atom. The van der Waals surface area contributed by atoms with Crippen LogP contribution in [-0.2, 0) is 36.9 Å². The number of esters is 2. The second kappa shape index (κ2) is 16.8. The van der Waals surface area contributed by atoms with Gasteiger partial charge in [0, 0.05) is 64.3 Å². The number of fused-ring (bicyclic) bond motifs is 1. The Morgan fingerprint density at radius 2 is 1.26 bits per heavy atom. The summed E-state index contributed by atoms with van der Waals surface area (Å²) in [7, 11) is 4.77. The van der Waals surface area contributed by atoms with Crippen molar-refractivity contribution in [1.82, 2.24) is 9.80 Å². The third-order valence-corrected chi connectivity index (χ3v) is 7.14. The number of aliphatic carboxylic acids is 2. The van der Waals surface area contributed by atoms with Crippen molar-refractivity contribution in [2.75, 3.05) is 47.5 Å². The van der Waals surface area contributed by atoms with Crippen LogP contribution in [0.25, 0.3) is 6.08 Å². The molecule has 14 nitrogen and oxygen atoms in total. The van der Waals surface area contributed by atoms with Gasteiger partial charge in [-0.05, 0) is 59.9 Å². The molecular weight excluding hydrogens is 616 g/mol. The number of carboxylic acids is 2. The van der Waals surface area contributed by atoms with Crippen LogP contribution in [0.1, 0.15) is 37.0 Å². The van der Waals surface area contributed by atoms with Gasteiger partial charge in [0.2, 0.25) is 11.7 Å². The Morgan fingerprint density at radius 1 is 0.723 bits per heavy atom. The van der Waals surface area contributed by atoms with Crippen molar-refractivity contribution in [2.45, 2.75) is 33.2 Å². The molecule has 47 heavy (non-hydrogen) atoms. The van der Waals surface area contributed by atoms with Gasteiger partial charge in [0.25, 0.3) is 0 Å². The molecule has 0 atom stereocenters. The Bertz CT molecular complexity index is 1530. The number of hydrogen-bond acceptors (Lipinski definition) is 11. The number of hydrogen-bond donors (Lipinski definition) is 2. The van der Waals surface area contributed by atoms with E-state index < -0.39 is 23.9 Å². The highest BCUT2D eigenvalue weighted by atomic mass is 16.6. The maximum Gasteiger partial charge on any atom is 0.328 e. The van der Waals surface area contributed by atoms with Crippen molar-refractivity contribution < 1.29 is 57.9 Å². The van der Waals surface area contributed by atoms with Gasteiger partial charge < -0.3 is 38.8 Å². The topological polar surface area (TPSA) is 178 Å². The highest BCUT2D eigenvalue weighted by molar-refractivity contribution is 5.99. The van der Waals surface area contributed by atoms with E-state index in [1.54, 1.807) is 33.5 Å². The molecular formula is C33H38N2O12. The number of carboxylic acid groups (broad SMARTS) is 2. The zero-order chi connectivity index (χ0) is 34.7. The maximum absolute atomic E-state index is 13.4. The van der Waals surface area contributed by atoms with Crippen molar-refractivity contribution >= 4 is 35.9 Å². The fraction of sp³-hybridized carbons (Fsp3) is 0.364. The quantitative estimate of drug-likeness (QED) is 0.217. The first-order valence-electron chi connectivity index (χ1n) is 14.5. The number of aryl methyl sites for hydroxylation is 1. The van der Waals surface area contributed by atoms with Crippen molar-refractivity contribution in [2.24, 2.45) is 0 Å². The number of piperazine rings is 1. The first-order chi connectivity index (χ1) is 22.3. The number of nitrogens with zero attached hydrogens (tertiary/aromatic N) is 2. The fourth-order valence-electron chi connectivity index (χ4n) is 5.08. The van der Waals surface area contributed by atoms with E-state index in [1.807, 2.05) is 23.1 Å². The lowest BCUT2D eigenvalue weighted by atomic mass is 9.91. The number of ether oxygens (including phenoxy) is 5. The van der Waals surface area contributed by atoms with E-state index in [-0.39, 0.29) is 17.4 Å². The zero-order valence-corrected chi connectivity index (χ0v) is 26.9. The molecule has 0 aromatic heterocycles. The van der Waals surface area contributed by atoms with Crippen molar-refractivity contribution in [3.63, 3.8) is 0 Å². The molecule has 1 aliphatic heterocycles. The largest absolute Gasteiger partial charge is 0.493 e. The lowest BCUT2D eigenvalue weighted by Gasteiger charge is -2.35. The van der Waals surface area contributed by atoms with Crippen LogP contribution >= 0.6 is 0 Å². The van der Waals surface area contributed by atoms with Crippen LogP contribution < -0.4 is 23.7 Å². The van der Waals surface area contributed by atoms with Gasteiger partial charge in [0.05, 0.1) is 21.3 Å². The minimum absolute atomic E-state index is 0.00573. The summed E-state index contributed by atoms with van der Waals surface area (Å²) in [6, 6.07) is 7.24. The SMILES string of the molecule is COc1cc(CN2CCN(C(=O)C3=Cc4cc(OC(C)=O)c(OC(C)=O)cc4CC3)CC2)cc(OC)c1OC.O=C(O)C=CC(=O)O. The number of amides is 1. The Hall–Kier alpha value is -5.37. The second-order valence-corrected chi connectivity index (χ2v) is 10.5. The van der Waals surface area contributed by atoms with E-state index in [2.05, 4.69) is 4.90 Å². The minimum Gasteiger partial charge on any atom is -0.493 e. The molecule has 0 unspecified atom stereocenters. The predicted octanol–water partition coefficient (Wildman–Crippen LogP) is 2.95. The standard InChI is InChI=1S/C29H34N2O8.C4H4O4/c1-18(32)38-24-15-21-6-7-22(14-23(21)16-25(24)39-19(2)33)29(34)31-10-8-30(9-11-31)17-20-12-26(35-3)28(37-5)27(13-20)36-4;5-3(6)1-2-4(7)8/h12-16H,6-11,17H2,1-5H3;1-2H,(H,5,6)(H,7,8). The second-order valence-electron chi connectivity index (χ2n) is 10.5. The molecule has 0 saturated carbocycles. The number of rotatable bonds is 10. The van der Waals surface area contributed by atoms with Gasteiger partial charge in [-0.15, -0.1) is 0 Å². The summed E-state index contributed by atoms with van der Waals surface area (Å²) in [5, 5.41) is 15.6. The van der Waals surface area contributed by atoms with Gasteiger partial charge in [-0.25, -0.2) is 9.59 Å². The van der Waals surface area contributed by atoms with Gasteiger partial charge in [0.1, 0.15) is 0 Å². The van der Waals surface area contributed by atoms with Crippen LogP contribution in [0, 0.1) is 0 Å². The summed E-state index contributed by atoms with van der Waals surface area (Å²) in [4.78, 5) is 59.7. The molecule has 1 amide bonds. The summed E-state index contributed by atoms with van der Waals surface area (Å²) in [6.45, 7) is 5.94. The summed E-state index contributed by atoms with van der Waals surface area (Å²) in [5.41, 5.74) is 3.44. The first-order valence-corrected chi connectivity index (χ1v) is 14.5. The molecule has 14 heteroatoms. The summed E-state index contributed by atoms with van der Waals surface area (Å²) in [6.07, 6.45) is 4.14. The lowest BCUT2D eigenvalue weighted by Crippen LogP contribution is -2.48. The van der Waals surface area contributed by atoms with Gasteiger partial charge >= 0.3 is 23.9 Å². The molecule has 0 bridgehead atoms.